The number of hydrogen-bond donors (Lipinski definition) is 2. The van der Waals surface area contributed by atoms with Gasteiger partial charge in [0.25, 0.3) is 0 Å². The number of hydrogen-bond acceptors (Lipinski definition) is 4. The SMILES string of the molecule is COc1ccc(C#N)cc1NC(=O)CC1(C(=O)O)CCCCC1. The first-order chi connectivity index (χ1) is 11.0. The van der Waals surface area contributed by atoms with Crippen LogP contribution >= 0.6 is 0 Å². The summed E-state index contributed by atoms with van der Waals surface area (Å²) in [5.41, 5.74) is -0.206. The van der Waals surface area contributed by atoms with E-state index in [2.05, 4.69) is 5.32 Å². The van der Waals surface area contributed by atoms with Crippen molar-refractivity contribution in [3.63, 3.8) is 0 Å². The molecule has 0 saturated heterocycles. The number of carbonyl (C=O) groups excluding carboxylic acids is 1. The van der Waals surface area contributed by atoms with Crippen molar-refractivity contribution < 1.29 is 19.4 Å². The lowest BCUT2D eigenvalue weighted by Gasteiger charge is -2.32. The monoisotopic (exact) mass is 316 g/mol. The van der Waals surface area contributed by atoms with Crippen molar-refractivity contribution in [2.75, 3.05) is 12.4 Å². The number of carboxylic acid groups (broad SMARTS) is 1. The van der Waals surface area contributed by atoms with Crippen molar-refractivity contribution in [3.05, 3.63) is 23.8 Å². The standard InChI is InChI=1S/C17H20N2O4/c1-23-14-6-5-12(11-18)9-13(14)19-15(20)10-17(16(21)22)7-3-2-4-8-17/h5-6,9H,2-4,7-8,10H2,1H3,(H,19,20)(H,21,22). The first kappa shape index (κ1) is 16.8. The maximum absolute atomic E-state index is 12.3. The summed E-state index contributed by atoms with van der Waals surface area (Å²) in [6, 6.07) is 6.71. The van der Waals surface area contributed by atoms with Gasteiger partial charge in [0.05, 0.1) is 29.8 Å². The highest BCUT2D eigenvalue weighted by Gasteiger charge is 2.41. The molecule has 1 aromatic rings. The quantitative estimate of drug-likeness (QED) is 0.870. The van der Waals surface area contributed by atoms with Crippen LogP contribution in [0.3, 0.4) is 0 Å². The molecule has 0 bridgehead atoms. The van der Waals surface area contributed by atoms with Gasteiger partial charge in [-0.25, -0.2) is 0 Å². The number of amides is 1. The Morgan fingerprint density at radius 1 is 1.35 bits per heavy atom. The van der Waals surface area contributed by atoms with Crippen molar-refractivity contribution in [1.82, 2.24) is 0 Å². The topological polar surface area (TPSA) is 99.4 Å². The van der Waals surface area contributed by atoms with Gasteiger partial charge in [0.2, 0.25) is 5.91 Å². The summed E-state index contributed by atoms with van der Waals surface area (Å²) in [6.45, 7) is 0. The summed E-state index contributed by atoms with van der Waals surface area (Å²) in [4.78, 5) is 24.0. The number of carbonyl (C=O) groups is 2. The van der Waals surface area contributed by atoms with Crippen molar-refractivity contribution in [1.29, 1.82) is 5.26 Å². The van der Waals surface area contributed by atoms with E-state index in [1.807, 2.05) is 6.07 Å². The van der Waals surface area contributed by atoms with Gasteiger partial charge in [0.15, 0.2) is 0 Å². The number of nitrogens with zero attached hydrogens (tertiary/aromatic N) is 1. The number of nitrogens with one attached hydrogen (secondary N) is 1. The largest absolute Gasteiger partial charge is 0.495 e. The van der Waals surface area contributed by atoms with E-state index in [1.165, 1.54) is 13.2 Å². The van der Waals surface area contributed by atoms with Gasteiger partial charge < -0.3 is 15.2 Å². The fourth-order valence-electron chi connectivity index (χ4n) is 3.07. The smallest absolute Gasteiger partial charge is 0.310 e. The van der Waals surface area contributed by atoms with Crippen molar-refractivity contribution in [3.8, 4) is 11.8 Å². The number of benzene rings is 1. The van der Waals surface area contributed by atoms with Crippen LogP contribution in [0.15, 0.2) is 18.2 Å². The third kappa shape index (κ3) is 3.81. The van der Waals surface area contributed by atoms with Crippen LogP contribution in [0.25, 0.3) is 0 Å². The van der Waals surface area contributed by atoms with Crippen LogP contribution in [-0.2, 0) is 9.59 Å². The van der Waals surface area contributed by atoms with Crippen LogP contribution < -0.4 is 10.1 Å². The number of methoxy groups -OCH3 is 1. The summed E-state index contributed by atoms with van der Waals surface area (Å²) in [6.07, 6.45) is 3.63. The van der Waals surface area contributed by atoms with Crippen LogP contribution in [-0.4, -0.2) is 24.1 Å². The highest BCUT2D eigenvalue weighted by atomic mass is 16.5. The molecule has 0 radical (unpaired) electrons. The van der Waals surface area contributed by atoms with E-state index < -0.39 is 11.4 Å². The molecule has 0 aromatic heterocycles. The van der Waals surface area contributed by atoms with Gasteiger partial charge in [0, 0.05) is 6.42 Å². The zero-order chi connectivity index (χ0) is 16.9. The lowest BCUT2D eigenvalue weighted by Crippen LogP contribution is -2.37. The lowest BCUT2D eigenvalue weighted by atomic mass is 9.71. The molecule has 0 atom stereocenters. The van der Waals surface area contributed by atoms with E-state index in [9.17, 15) is 14.7 Å². The van der Waals surface area contributed by atoms with Gasteiger partial charge in [-0.2, -0.15) is 5.26 Å². The molecule has 1 saturated carbocycles. The van der Waals surface area contributed by atoms with Crippen LogP contribution in [0, 0.1) is 16.7 Å². The van der Waals surface area contributed by atoms with E-state index in [-0.39, 0.29) is 12.3 Å². The second-order valence-corrected chi connectivity index (χ2v) is 5.90. The molecule has 1 aliphatic rings. The first-order valence-corrected chi connectivity index (χ1v) is 7.62. The minimum Gasteiger partial charge on any atom is -0.495 e. The average molecular weight is 316 g/mol. The molecular weight excluding hydrogens is 296 g/mol. The Kier molecular flexibility index (Phi) is 5.22. The molecule has 1 fully saturated rings. The average Bonchev–Trinajstić information content (AvgIpc) is 2.55. The molecule has 1 aromatic carbocycles. The molecule has 0 aliphatic heterocycles. The van der Waals surface area contributed by atoms with Gasteiger partial charge in [0.1, 0.15) is 5.75 Å². The molecule has 2 rings (SSSR count). The summed E-state index contributed by atoms with van der Waals surface area (Å²) in [5, 5.41) is 21.2. The fraction of sp³-hybridized carbons (Fsp3) is 0.471. The molecule has 0 unspecified atom stereocenters. The number of rotatable bonds is 5. The predicted molar refractivity (Wildman–Crippen MR) is 84.1 cm³/mol. The van der Waals surface area contributed by atoms with Crippen LogP contribution in [0.2, 0.25) is 0 Å². The van der Waals surface area contributed by atoms with E-state index in [0.717, 1.165) is 19.3 Å². The molecule has 0 heterocycles. The predicted octanol–water partition coefficient (Wildman–Crippen LogP) is 2.93. The number of ether oxygens (including phenoxy) is 1. The first-order valence-electron chi connectivity index (χ1n) is 7.62. The Labute approximate surface area is 135 Å². The minimum atomic E-state index is -0.984. The molecule has 6 nitrogen and oxygen atoms in total. The minimum absolute atomic E-state index is 0.0672. The van der Waals surface area contributed by atoms with Crippen LogP contribution in [0.4, 0.5) is 5.69 Å². The van der Waals surface area contributed by atoms with Crippen molar-refractivity contribution in [2.24, 2.45) is 5.41 Å². The highest BCUT2D eigenvalue weighted by molar-refractivity contribution is 5.95. The Bertz CT molecular complexity index is 642. The second kappa shape index (κ2) is 7.14. The van der Waals surface area contributed by atoms with Crippen molar-refractivity contribution in [2.45, 2.75) is 38.5 Å². The summed E-state index contributed by atoms with van der Waals surface area (Å²) >= 11 is 0. The van der Waals surface area contributed by atoms with Gasteiger partial charge in [-0.15, -0.1) is 0 Å². The van der Waals surface area contributed by atoms with E-state index in [4.69, 9.17) is 10.00 Å². The molecule has 0 spiro atoms. The molecule has 23 heavy (non-hydrogen) atoms. The van der Waals surface area contributed by atoms with Gasteiger partial charge in [-0.05, 0) is 31.0 Å². The number of carboxylic acids is 1. The Balaban J connectivity index is 2.15. The molecule has 6 heteroatoms. The number of anilines is 1. The second-order valence-electron chi connectivity index (χ2n) is 5.90. The zero-order valence-corrected chi connectivity index (χ0v) is 13.1. The van der Waals surface area contributed by atoms with Gasteiger partial charge >= 0.3 is 5.97 Å². The normalized spacial score (nSPS) is 16.2. The summed E-state index contributed by atoms with van der Waals surface area (Å²) < 4.78 is 5.17. The van der Waals surface area contributed by atoms with E-state index in [1.54, 1.807) is 12.1 Å². The zero-order valence-electron chi connectivity index (χ0n) is 13.1. The summed E-state index contributed by atoms with van der Waals surface area (Å²) in [5.74, 6) is -0.849. The lowest BCUT2D eigenvalue weighted by molar-refractivity contribution is -0.153. The van der Waals surface area contributed by atoms with Crippen molar-refractivity contribution >= 4 is 17.6 Å². The molecular formula is C17H20N2O4. The highest BCUT2D eigenvalue weighted by Crippen LogP contribution is 2.40. The Hall–Kier alpha value is -2.55. The molecule has 122 valence electrons. The van der Waals surface area contributed by atoms with Crippen LogP contribution in [0.1, 0.15) is 44.1 Å². The third-order valence-corrected chi connectivity index (χ3v) is 4.37. The maximum Gasteiger partial charge on any atom is 0.310 e. The Morgan fingerprint density at radius 2 is 2.04 bits per heavy atom. The van der Waals surface area contributed by atoms with Gasteiger partial charge in [-0.3, -0.25) is 9.59 Å². The summed E-state index contributed by atoms with van der Waals surface area (Å²) in [7, 11) is 1.47. The molecule has 2 N–H and O–H groups in total. The Morgan fingerprint density at radius 3 is 2.61 bits per heavy atom. The van der Waals surface area contributed by atoms with E-state index in [0.29, 0.717) is 29.8 Å². The fourth-order valence-corrected chi connectivity index (χ4v) is 3.07. The third-order valence-electron chi connectivity index (χ3n) is 4.37. The molecule has 1 aliphatic carbocycles. The number of nitriles is 1. The number of aliphatic carboxylic acids is 1. The van der Waals surface area contributed by atoms with Crippen LogP contribution in [0.5, 0.6) is 5.75 Å². The van der Waals surface area contributed by atoms with E-state index >= 15 is 0 Å². The van der Waals surface area contributed by atoms with Gasteiger partial charge in [-0.1, -0.05) is 19.3 Å². The maximum atomic E-state index is 12.3. The molecule has 1 amide bonds.